The topological polar surface area (TPSA) is 73.6 Å². The van der Waals surface area contributed by atoms with E-state index in [0.29, 0.717) is 22.0 Å². The Hall–Kier alpha value is -3.09. The van der Waals surface area contributed by atoms with E-state index in [9.17, 15) is 9.90 Å². The van der Waals surface area contributed by atoms with E-state index in [2.05, 4.69) is 5.10 Å². The van der Waals surface area contributed by atoms with E-state index in [0.717, 1.165) is 16.8 Å². The molecule has 0 atom stereocenters. The fourth-order valence-electron chi connectivity index (χ4n) is 2.83. The second-order valence-corrected chi connectivity index (χ2v) is 6.74. The molecule has 0 spiro atoms. The Balaban J connectivity index is 1.75. The number of aliphatic hydroxyl groups excluding tert-OH is 1. The van der Waals surface area contributed by atoms with Gasteiger partial charge in [0.05, 0.1) is 25.0 Å². The number of halogens is 1. The number of carbonyl (C=O) groups is 1. The molecule has 6 nitrogen and oxygen atoms in total. The van der Waals surface area contributed by atoms with Crippen LogP contribution in [-0.2, 0) is 16.1 Å². The second kappa shape index (κ2) is 9.41. The summed E-state index contributed by atoms with van der Waals surface area (Å²) in [6.07, 6.45) is 3.24. The number of rotatable bonds is 7. The van der Waals surface area contributed by atoms with Crippen LogP contribution >= 0.6 is 11.6 Å². The highest BCUT2D eigenvalue weighted by molar-refractivity contribution is 6.30. The van der Waals surface area contributed by atoms with Gasteiger partial charge in [0.1, 0.15) is 6.61 Å². The van der Waals surface area contributed by atoms with Gasteiger partial charge in [-0.05, 0) is 60.0 Å². The molecule has 0 saturated carbocycles. The van der Waals surface area contributed by atoms with Gasteiger partial charge < -0.3 is 14.6 Å². The Morgan fingerprint density at radius 3 is 2.66 bits per heavy atom. The summed E-state index contributed by atoms with van der Waals surface area (Å²) in [5.41, 5.74) is 3.64. The molecule has 0 amide bonds. The SMILES string of the molecule is COC(=O)/C(=C/CO)c1cc(COc2ccn(-c3ccc(Cl)cc3)n2)ccc1C. The third kappa shape index (κ3) is 5.04. The van der Waals surface area contributed by atoms with Crippen LogP contribution in [0.3, 0.4) is 0 Å². The molecule has 0 radical (unpaired) electrons. The number of nitrogens with zero attached hydrogens (tertiary/aromatic N) is 2. The molecule has 3 rings (SSSR count). The Morgan fingerprint density at radius 2 is 1.97 bits per heavy atom. The van der Waals surface area contributed by atoms with Crippen LogP contribution in [0, 0.1) is 6.92 Å². The van der Waals surface area contributed by atoms with E-state index < -0.39 is 5.97 Å². The lowest BCUT2D eigenvalue weighted by Crippen LogP contribution is -2.07. The van der Waals surface area contributed by atoms with Crippen LogP contribution in [0.25, 0.3) is 11.3 Å². The molecule has 1 N–H and O–H groups in total. The van der Waals surface area contributed by atoms with Crippen molar-refractivity contribution < 1.29 is 19.4 Å². The Morgan fingerprint density at radius 1 is 1.21 bits per heavy atom. The third-order valence-corrected chi connectivity index (χ3v) is 4.59. The summed E-state index contributed by atoms with van der Waals surface area (Å²) >= 11 is 5.92. The lowest BCUT2D eigenvalue weighted by atomic mass is 9.98. The van der Waals surface area contributed by atoms with Crippen molar-refractivity contribution in [2.24, 2.45) is 0 Å². The highest BCUT2D eigenvalue weighted by Crippen LogP contribution is 2.23. The molecule has 0 aliphatic carbocycles. The van der Waals surface area contributed by atoms with Crippen LogP contribution < -0.4 is 4.74 Å². The molecule has 2 aromatic carbocycles. The van der Waals surface area contributed by atoms with Crippen molar-refractivity contribution in [3.05, 3.63) is 82.5 Å². The van der Waals surface area contributed by atoms with Gasteiger partial charge in [-0.3, -0.25) is 0 Å². The maximum absolute atomic E-state index is 12.0. The predicted octanol–water partition coefficient (Wildman–Crippen LogP) is 3.96. The predicted molar refractivity (Wildman–Crippen MR) is 111 cm³/mol. The minimum absolute atomic E-state index is 0.257. The number of aliphatic hydroxyl groups is 1. The number of benzene rings is 2. The average molecular weight is 413 g/mol. The Kier molecular flexibility index (Phi) is 6.69. The highest BCUT2D eigenvalue weighted by atomic mass is 35.5. The minimum atomic E-state index is -0.498. The normalized spacial score (nSPS) is 11.4. The van der Waals surface area contributed by atoms with Crippen molar-refractivity contribution in [3.63, 3.8) is 0 Å². The van der Waals surface area contributed by atoms with Gasteiger partial charge in [-0.15, -0.1) is 5.10 Å². The Labute approximate surface area is 174 Å². The van der Waals surface area contributed by atoms with Crippen LogP contribution in [0.5, 0.6) is 5.88 Å². The summed E-state index contributed by atoms with van der Waals surface area (Å²) in [6.45, 7) is 1.91. The first-order chi connectivity index (χ1) is 14.0. The molecule has 0 fully saturated rings. The van der Waals surface area contributed by atoms with Gasteiger partial charge in [-0.1, -0.05) is 23.7 Å². The number of carbonyl (C=O) groups excluding carboxylic acids is 1. The largest absolute Gasteiger partial charge is 0.472 e. The van der Waals surface area contributed by atoms with Gasteiger partial charge in [0.2, 0.25) is 5.88 Å². The molecule has 0 aliphatic rings. The zero-order valence-corrected chi connectivity index (χ0v) is 16.9. The van der Waals surface area contributed by atoms with Crippen molar-refractivity contribution in [1.29, 1.82) is 0 Å². The fraction of sp³-hybridized carbons (Fsp3) is 0.182. The number of esters is 1. The number of methoxy groups -OCH3 is 1. The van der Waals surface area contributed by atoms with Gasteiger partial charge >= 0.3 is 5.97 Å². The zero-order chi connectivity index (χ0) is 20.8. The maximum Gasteiger partial charge on any atom is 0.338 e. The van der Waals surface area contributed by atoms with Gasteiger partial charge in [0.25, 0.3) is 0 Å². The molecule has 0 unspecified atom stereocenters. The van der Waals surface area contributed by atoms with E-state index >= 15 is 0 Å². The van der Waals surface area contributed by atoms with Crippen molar-refractivity contribution in [1.82, 2.24) is 9.78 Å². The summed E-state index contributed by atoms with van der Waals surface area (Å²) in [5.74, 6) is -0.0249. The summed E-state index contributed by atoms with van der Waals surface area (Å²) in [4.78, 5) is 12.0. The highest BCUT2D eigenvalue weighted by Gasteiger charge is 2.15. The molecule has 150 valence electrons. The van der Waals surface area contributed by atoms with E-state index in [-0.39, 0.29) is 13.2 Å². The van der Waals surface area contributed by atoms with Crippen molar-refractivity contribution >= 4 is 23.1 Å². The molecular weight excluding hydrogens is 392 g/mol. The minimum Gasteiger partial charge on any atom is -0.472 e. The van der Waals surface area contributed by atoms with Crippen LogP contribution in [-0.4, -0.2) is 34.6 Å². The van der Waals surface area contributed by atoms with E-state index in [4.69, 9.17) is 21.1 Å². The lowest BCUT2D eigenvalue weighted by molar-refractivity contribution is -0.133. The summed E-state index contributed by atoms with van der Waals surface area (Å²) in [7, 11) is 1.31. The van der Waals surface area contributed by atoms with Gasteiger partial charge in [-0.25, -0.2) is 9.48 Å². The van der Waals surface area contributed by atoms with Gasteiger partial charge in [0.15, 0.2) is 0 Å². The number of ether oxygens (including phenoxy) is 2. The summed E-state index contributed by atoms with van der Waals surface area (Å²) in [6, 6.07) is 14.8. The maximum atomic E-state index is 12.0. The van der Waals surface area contributed by atoms with Crippen LogP contribution in [0.15, 0.2) is 60.8 Å². The molecule has 1 heterocycles. The van der Waals surface area contributed by atoms with E-state index in [1.54, 1.807) is 29.1 Å². The Bertz CT molecular complexity index is 1030. The van der Waals surface area contributed by atoms with Crippen LogP contribution in [0.1, 0.15) is 16.7 Å². The first kappa shape index (κ1) is 20.6. The van der Waals surface area contributed by atoms with Crippen molar-refractivity contribution in [2.75, 3.05) is 13.7 Å². The molecule has 0 saturated heterocycles. The summed E-state index contributed by atoms with van der Waals surface area (Å²) < 4.78 is 12.3. The van der Waals surface area contributed by atoms with Crippen LogP contribution in [0.4, 0.5) is 0 Å². The van der Waals surface area contributed by atoms with Gasteiger partial charge in [-0.2, -0.15) is 0 Å². The van der Waals surface area contributed by atoms with E-state index in [1.807, 2.05) is 37.3 Å². The molecule has 1 aromatic heterocycles. The number of hydrogen-bond donors (Lipinski definition) is 1. The first-order valence-corrected chi connectivity index (χ1v) is 9.33. The van der Waals surface area contributed by atoms with E-state index in [1.165, 1.54) is 13.2 Å². The monoisotopic (exact) mass is 412 g/mol. The third-order valence-electron chi connectivity index (χ3n) is 4.34. The second-order valence-electron chi connectivity index (χ2n) is 6.30. The first-order valence-electron chi connectivity index (χ1n) is 8.95. The average Bonchev–Trinajstić information content (AvgIpc) is 3.20. The van der Waals surface area contributed by atoms with Crippen molar-refractivity contribution in [2.45, 2.75) is 13.5 Å². The summed E-state index contributed by atoms with van der Waals surface area (Å²) in [5, 5.41) is 14.3. The molecular formula is C22H21ClN2O4. The zero-order valence-electron chi connectivity index (χ0n) is 16.1. The van der Waals surface area contributed by atoms with Gasteiger partial charge in [0, 0.05) is 17.3 Å². The molecule has 0 bridgehead atoms. The smallest absolute Gasteiger partial charge is 0.338 e. The number of aromatic nitrogens is 2. The standard InChI is InChI=1S/C22H21ClN2O4/c1-15-3-4-16(13-20(15)19(10-12-26)22(27)28-2)14-29-21-9-11-25(24-21)18-7-5-17(23)6-8-18/h3-11,13,26H,12,14H2,1-2H3/b19-10+. The molecule has 0 aliphatic heterocycles. The number of aryl methyl sites for hydroxylation is 1. The quantitative estimate of drug-likeness (QED) is 0.469. The van der Waals surface area contributed by atoms with Crippen molar-refractivity contribution in [3.8, 4) is 11.6 Å². The fourth-order valence-corrected chi connectivity index (χ4v) is 2.96. The molecule has 3 aromatic rings. The lowest BCUT2D eigenvalue weighted by Gasteiger charge is -2.11. The molecule has 29 heavy (non-hydrogen) atoms. The molecule has 7 heteroatoms. The van der Waals surface area contributed by atoms with Crippen LogP contribution in [0.2, 0.25) is 5.02 Å². The number of hydrogen-bond acceptors (Lipinski definition) is 5.